The van der Waals surface area contributed by atoms with Crippen LogP contribution >= 0.6 is 0 Å². The highest BCUT2D eigenvalue weighted by Gasteiger charge is 2.32. The lowest BCUT2D eigenvalue weighted by atomic mass is 10.0. The molecule has 2 aromatic carbocycles. The lowest BCUT2D eigenvalue weighted by molar-refractivity contribution is -0.127. The summed E-state index contributed by atoms with van der Waals surface area (Å²) in [5.41, 5.74) is 2.41. The third kappa shape index (κ3) is 5.87. The van der Waals surface area contributed by atoms with E-state index in [1.54, 1.807) is 46.1 Å². The zero-order chi connectivity index (χ0) is 28.3. The van der Waals surface area contributed by atoms with Crippen LogP contribution in [0.3, 0.4) is 0 Å². The number of piperidine rings is 1. The van der Waals surface area contributed by atoms with Crippen LogP contribution in [0, 0.1) is 11.3 Å². The number of likely N-dealkylation sites (tertiary alicyclic amines) is 1. The van der Waals surface area contributed by atoms with Crippen LogP contribution in [-0.2, 0) is 19.6 Å². The van der Waals surface area contributed by atoms with Gasteiger partial charge in [0.05, 0.1) is 22.8 Å². The van der Waals surface area contributed by atoms with Crippen molar-refractivity contribution in [1.82, 2.24) is 19.0 Å². The number of benzene rings is 2. The fourth-order valence-corrected chi connectivity index (χ4v) is 6.91. The van der Waals surface area contributed by atoms with Gasteiger partial charge in [0.15, 0.2) is 0 Å². The van der Waals surface area contributed by atoms with E-state index in [9.17, 15) is 18.5 Å². The number of morpholine rings is 1. The van der Waals surface area contributed by atoms with Crippen LogP contribution in [0.4, 0.5) is 0 Å². The molecule has 0 radical (unpaired) electrons. The molecule has 2 aliphatic heterocycles. The van der Waals surface area contributed by atoms with Gasteiger partial charge in [-0.25, -0.2) is 13.1 Å². The lowest BCUT2D eigenvalue weighted by Crippen LogP contribution is -2.48. The number of hydrogen-bond acceptors (Lipinski definition) is 6. The van der Waals surface area contributed by atoms with Crippen molar-refractivity contribution in [1.29, 1.82) is 5.26 Å². The highest BCUT2D eigenvalue weighted by Crippen LogP contribution is 2.30. The molecule has 1 aromatic heterocycles. The van der Waals surface area contributed by atoms with Crippen molar-refractivity contribution in [2.75, 3.05) is 26.2 Å². The highest BCUT2D eigenvalue weighted by atomic mass is 32.2. The summed E-state index contributed by atoms with van der Waals surface area (Å²) >= 11 is 0. The number of ether oxygens (including phenoxy) is 1. The number of rotatable bonds is 6. The fraction of sp³-hybridized carbons (Fsp3) is 0.367. The molecule has 2 unspecified atom stereocenters. The summed E-state index contributed by atoms with van der Waals surface area (Å²) < 4.78 is 36.1. The molecule has 2 saturated heterocycles. The smallest absolute Gasteiger partial charge is 0.264 e. The average molecular weight is 560 g/mol. The third-order valence-corrected chi connectivity index (χ3v) is 9.02. The minimum Gasteiger partial charge on any atom is -0.373 e. The van der Waals surface area contributed by atoms with E-state index in [4.69, 9.17) is 9.84 Å². The Bertz CT molecular complexity index is 1540. The number of nitrogens with zero attached hydrogens (tertiary/aromatic N) is 5. The first-order valence-electron chi connectivity index (χ1n) is 13.6. The van der Waals surface area contributed by atoms with Crippen LogP contribution in [0.25, 0.3) is 23.0 Å². The molecule has 2 aliphatic rings. The van der Waals surface area contributed by atoms with Crippen molar-refractivity contribution in [3.63, 3.8) is 0 Å². The van der Waals surface area contributed by atoms with Crippen molar-refractivity contribution < 1.29 is 17.9 Å². The zero-order valence-corrected chi connectivity index (χ0v) is 23.5. The Morgan fingerprint density at radius 1 is 1.02 bits per heavy atom. The maximum absolute atomic E-state index is 13.6. The molecule has 3 heterocycles. The Morgan fingerprint density at radius 2 is 1.73 bits per heavy atom. The fourth-order valence-electron chi connectivity index (χ4n) is 5.27. The van der Waals surface area contributed by atoms with E-state index in [2.05, 4.69) is 6.07 Å². The van der Waals surface area contributed by atoms with Gasteiger partial charge in [0, 0.05) is 43.5 Å². The van der Waals surface area contributed by atoms with Gasteiger partial charge in [-0.1, -0.05) is 30.3 Å². The molecule has 3 aromatic rings. The van der Waals surface area contributed by atoms with Crippen molar-refractivity contribution >= 4 is 22.0 Å². The average Bonchev–Trinajstić information content (AvgIpc) is 3.40. The Labute approximate surface area is 235 Å². The number of carbonyl (C=O) groups is 1. The second-order valence-electron chi connectivity index (χ2n) is 10.3. The molecule has 9 nitrogen and oxygen atoms in total. The molecule has 1 amide bonds. The second-order valence-corrected chi connectivity index (χ2v) is 12.3. The van der Waals surface area contributed by atoms with Crippen LogP contribution < -0.4 is 0 Å². The van der Waals surface area contributed by atoms with Gasteiger partial charge in [0.25, 0.3) is 5.91 Å². The first kappa shape index (κ1) is 27.8. The van der Waals surface area contributed by atoms with E-state index in [0.29, 0.717) is 29.9 Å². The zero-order valence-electron chi connectivity index (χ0n) is 22.7. The molecule has 0 N–H and O–H groups in total. The summed E-state index contributed by atoms with van der Waals surface area (Å²) in [4.78, 5) is 15.1. The molecule has 10 heteroatoms. The summed E-state index contributed by atoms with van der Waals surface area (Å²) in [5.74, 6) is -0.299. The van der Waals surface area contributed by atoms with Crippen LogP contribution in [0.5, 0.6) is 0 Å². The number of para-hydroxylation sites is 1. The van der Waals surface area contributed by atoms with Crippen LogP contribution in [-0.4, -0.2) is 71.7 Å². The molecule has 40 heavy (non-hydrogen) atoms. The van der Waals surface area contributed by atoms with E-state index in [-0.39, 0.29) is 41.7 Å². The van der Waals surface area contributed by atoms with Gasteiger partial charge < -0.3 is 9.64 Å². The van der Waals surface area contributed by atoms with Crippen molar-refractivity contribution in [2.45, 2.75) is 50.2 Å². The minimum absolute atomic E-state index is 0.0239. The quantitative estimate of drug-likeness (QED) is 0.330. The highest BCUT2D eigenvalue weighted by molar-refractivity contribution is 7.89. The number of carbonyl (C=O) groups excluding carboxylic acids is 1. The van der Waals surface area contributed by atoms with Gasteiger partial charge >= 0.3 is 0 Å². The van der Waals surface area contributed by atoms with Gasteiger partial charge in [0.2, 0.25) is 10.0 Å². The van der Waals surface area contributed by atoms with E-state index in [0.717, 1.165) is 24.9 Å². The maximum Gasteiger partial charge on any atom is 0.264 e. The van der Waals surface area contributed by atoms with Crippen LogP contribution in [0.2, 0.25) is 0 Å². The molecule has 2 atom stereocenters. The molecule has 0 aliphatic carbocycles. The summed E-state index contributed by atoms with van der Waals surface area (Å²) in [7, 11) is -3.78. The summed E-state index contributed by atoms with van der Waals surface area (Å²) in [6.07, 6.45) is 5.82. The van der Waals surface area contributed by atoms with E-state index >= 15 is 0 Å². The van der Waals surface area contributed by atoms with Crippen molar-refractivity contribution in [3.8, 4) is 23.0 Å². The lowest BCUT2D eigenvalue weighted by Gasteiger charge is -2.34. The number of aromatic nitrogens is 2. The standard InChI is InChI=1S/C30H33N5O4S/c1-22-19-34(20-23(2)39-22)40(37,38)28-13-9-10-24(17-28)29-26(21-35(32-29)27-11-5-3-6-12-27)16-25(18-31)30(36)33-14-7-4-8-15-33/h3,5-6,9-13,16-17,21-23H,4,7-8,14-15,19-20H2,1-2H3. The first-order valence-corrected chi connectivity index (χ1v) is 15.0. The third-order valence-electron chi connectivity index (χ3n) is 7.19. The topological polar surface area (TPSA) is 109 Å². The Kier molecular flexibility index (Phi) is 8.17. The number of nitriles is 1. The van der Waals surface area contributed by atoms with Gasteiger partial charge in [0.1, 0.15) is 17.3 Å². The molecule has 5 rings (SSSR count). The van der Waals surface area contributed by atoms with Gasteiger partial charge in [-0.15, -0.1) is 0 Å². The Hall–Kier alpha value is -3.78. The molecular formula is C30H33N5O4S. The molecule has 0 bridgehead atoms. The summed E-state index contributed by atoms with van der Waals surface area (Å²) in [6, 6.07) is 18.2. The predicted molar refractivity (Wildman–Crippen MR) is 152 cm³/mol. The van der Waals surface area contributed by atoms with Gasteiger partial charge in [-0.2, -0.15) is 14.7 Å². The van der Waals surface area contributed by atoms with E-state index in [1.165, 1.54) is 4.31 Å². The Morgan fingerprint density at radius 3 is 2.40 bits per heavy atom. The number of hydrogen-bond donors (Lipinski definition) is 0. The largest absolute Gasteiger partial charge is 0.373 e. The summed E-state index contributed by atoms with van der Waals surface area (Å²) in [5, 5.41) is 14.7. The molecule has 0 spiro atoms. The SMILES string of the molecule is CC1CN(S(=O)(=O)c2cccc(-c3nn(-c4ccccc4)cc3C=C(C#N)C(=O)N3CCCCC3)c2)CC(C)O1. The molecule has 0 saturated carbocycles. The first-order chi connectivity index (χ1) is 19.3. The minimum atomic E-state index is -3.78. The normalized spacial score (nSPS) is 20.7. The Balaban J connectivity index is 1.57. The summed E-state index contributed by atoms with van der Waals surface area (Å²) in [6.45, 7) is 5.54. The monoisotopic (exact) mass is 559 g/mol. The van der Waals surface area contributed by atoms with Crippen molar-refractivity contribution in [2.24, 2.45) is 0 Å². The molecule has 2 fully saturated rings. The predicted octanol–water partition coefficient (Wildman–Crippen LogP) is 4.26. The number of sulfonamides is 1. The van der Waals surface area contributed by atoms with Crippen LogP contribution in [0.15, 0.2) is 71.3 Å². The molecular weight excluding hydrogens is 526 g/mol. The van der Waals surface area contributed by atoms with Crippen LogP contribution in [0.1, 0.15) is 38.7 Å². The van der Waals surface area contributed by atoms with Gasteiger partial charge in [-0.3, -0.25) is 4.79 Å². The van der Waals surface area contributed by atoms with Gasteiger partial charge in [-0.05, 0) is 63.5 Å². The molecule has 208 valence electrons. The van der Waals surface area contributed by atoms with Crippen molar-refractivity contribution in [3.05, 3.63) is 71.9 Å². The second kappa shape index (κ2) is 11.8. The van der Waals surface area contributed by atoms with E-state index < -0.39 is 10.0 Å². The number of amides is 1. The maximum atomic E-state index is 13.6. The van der Waals surface area contributed by atoms with E-state index in [1.807, 2.05) is 44.2 Å².